The fourth-order valence-electron chi connectivity index (χ4n) is 3.31. The van der Waals surface area contributed by atoms with Crippen molar-refractivity contribution in [2.24, 2.45) is 0 Å². The smallest absolute Gasteiger partial charge is 0.227 e. The number of anilines is 2. The van der Waals surface area contributed by atoms with Gasteiger partial charge in [0.15, 0.2) is 0 Å². The number of rotatable bonds is 7. The van der Waals surface area contributed by atoms with Gasteiger partial charge in [0.25, 0.3) is 0 Å². The second-order valence-corrected chi connectivity index (χ2v) is 6.98. The topological polar surface area (TPSA) is 64.7 Å². The van der Waals surface area contributed by atoms with Crippen molar-refractivity contribution in [3.8, 4) is 0 Å². The molecular weight excluding hydrogens is 352 g/mol. The van der Waals surface area contributed by atoms with Crippen molar-refractivity contribution in [3.63, 3.8) is 0 Å². The normalized spacial score (nSPS) is 14.0. The molecule has 3 rings (SSSR count). The molecule has 2 aromatic rings. The fourth-order valence-corrected chi connectivity index (χ4v) is 3.31. The number of amides is 2. The van der Waals surface area contributed by atoms with Crippen LogP contribution in [-0.4, -0.2) is 56.5 Å². The predicted octanol–water partition coefficient (Wildman–Crippen LogP) is 2.13. The largest absolute Gasteiger partial charge is 0.368 e. The molecule has 6 heteroatoms. The molecule has 0 unspecified atom stereocenters. The Balaban J connectivity index is 1.46. The SMILES string of the molecule is CNCCC(=O)Nc1ccc(CC(=O)N2CCN(c3ccccc3)CC2)cc1. The van der Waals surface area contributed by atoms with Gasteiger partial charge in [0.1, 0.15) is 0 Å². The summed E-state index contributed by atoms with van der Waals surface area (Å²) in [5.74, 6) is 0.132. The molecule has 28 heavy (non-hydrogen) atoms. The Bertz CT molecular complexity index is 769. The van der Waals surface area contributed by atoms with Crippen LogP contribution in [0.4, 0.5) is 11.4 Å². The van der Waals surface area contributed by atoms with Crippen LogP contribution in [0, 0.1) is 0 Å². The molecule has 2 N–H and O–H groups in total. The molecule has 1 fully saturated rings. The summed E-state index contributed by atoms with van der Waals surface area (Å²) in [5, 5.41) is 5.81. The molecule has 0 spiro atoms. The van der Waals surface area contributed by atoms with Gasteiger partial charge in [-0.3, -0.25) is 9.59 Å². The van der Waals surface area contributed by atoms with E-state index in [0.29, 0.717) is 19.4 Å². The second-order valence-electron chi connectivity index (χ2n) is 6.98. The van der Waals surface area contributed by atoms with Gasteiger partial charge in [0.05, 0.1) is 6.42 Å². The van der Waals surface area contributed by atoms with E-state index in [1.54, 1.807) is 0 Å². The molecule has 2 aromatic carbocycles. The Kier molecular flexibility index (Phi) is 7.03. The van der Waals surface area contributed by atoms with Crippen LogP contribution in [0.25, 0.3) is 0 Å². The first-order valence-corrected chi connectivity index (χ1v) is 9.77. The van der Waals surface area contributed by atoms with E-state index in [9.17, 15) is 9.59 Å². The molecule has 1 saturated heterocycles. The highest BCUT2D eigenvalue weighted by atomic mass is 16.2. The Morgan fingerprint density at radius 3 is 2.25 bits per heavy atom. The third-order valence-electron chi connectivity index (χ3n) is 4.95. The van der Waals surface area contributed by atoms with E-state index < -0.39 is 0 Å². The maximum absolute atomic E-state index is 12.6. The van der Waals surface area contributed by atoms with Crippen molar-refractivity contribution in [1.29, 1.82) is 0 Å². The molecule has 2 amide bonds. The molecule has 1 aliphatic rings. The summed E-state index contributed by atoms with van der Waals surface area (Å²) in [4.78, 5) is 28.6. The van der Waals surface area contributed by atoms with E-state index in [4.69, 9.17) is 0 Å². The third-order valence-corrected chi connectivity index (χ3v) is 4.95. The average molecular weight is 380 g/mol. The quantitative estimate of drug-likeness (QED) is 0.772. The summed E-state index contributed by atoms with van der Waals surface area (Å²) in [6, 6.07) is 17.8. The zero-order valence-electron chi connectivity index (χ0n) is 16.4. The molecule has 6 nitrogen and oxygen atoms in total. The van der Waals surface area contributed by atoms with Crippen LogP contribution in [0.15, 0.2) is 54.6 Å². The number of hydrogen-bond donors (Lipinski definition) is 2. The maximum Gasteiger partial charge on any atom is 0.227 e. The van der Waals surface area contributed by atoms with Crippen LogP contribution in [-0.2, 0) is 16.0 Å². The molecule has 0 radical (unpaired) electrons. The first kappa shape index (κ1) is 19.9. The molecule has 0 aliphatic carbocycles. The maximum atomic E-state index is 12.6. The van der Waals surface area contributed by atoms with Gasteiger partial charge >= 0.3 is 0 Å². The lowest BCUT2D eigenvalue weighted by Gasteiger charge is -2.36. The van der Waals surface area contributed by atoms with Crippen LogP contribution in [0.2, 0.25) is 0 Å². The minimum atomic E-state index is -0.0190. The van der Waals surface area contributed by atoms with Crippen molar-refractivity contribution in [1.82, 2.24) is 10.2 Å². The lowest BCUT2D eigenvalue weighted by Crippen LogP contribution is -2.49. The van der Waals surface area contributed by atoms with E-state index in [2.05, 4.69) is 27.7 Å². The minimum absolute atomic E-state index is 0.0190. The Hall–Kier alpha value is -2.86. The highest BCUT2D eigenvalue weighted by Crippen LogP contribution is 2.17. The lowest BCUT2D eigenvalue weighted by atomic mass is 10.1. The van der Waals surface area contributed by atoms with E-state index >= 15 is 0 Å². The second kappa shape index (κ2) is 9.90. The summed E-state index contributed by atoms with van der Waals surface area (Å²) in [6.45, 7) is 3.84. The minimum Gasteiger partial charge on any atom is -0.368 e. The predicted molar refractivity (Wildman–Crippen MR) is 113 cm³/mol. The molecule has 0 bridgehead atoms. The Labute approximate surface area is 166 Å². The van der Waals surface area contributed by atoms with Crippen molar-refractivity contribution < 1.29 is 9.59 Å². The number of hydrogen-bond acceptors (Lipinski definition) is 4. The summed E-state index contributed by atoms with van der Waals surface area (Å²) >= 11 is 0. The fraction of sp³-hybridized carbons (Fsp3) is 0.364. The van der Waals surface area contributed by atoms with E-state index in [1.165, 1.54) is 5.69 Å². The summed E-state index contributed by atoms with van der Waals surface area (Å²) in [7, 11) is 1.82. The van der Waals surface area contributed by atoms with Crippen LogP contribution >= 0.6 is 0 Å². The molecule has 0 atom stereocenters. The summed E-state index contributed by atoms with van der Waals surface area (Å²) in [5.41, 5.74) is 2.93. The van der Waals surface area contributed by atoms with Crippen molar-refractivity contribution in [2.75, 3.05) is 50.0 Å². The van der Waals surface area contributed by atoms with Gasteiger partial charge in [-0.1, -0.05) is 30.3 Å². The van der Waals surface area contributed by atoms with Gasteiger partial charge in [-0.25, -0.2) is 0 Å². The highest BCUT2D eigenvalue weighted by Gasteiger charge is 2.21. The third kappa shape index (κ3) is 5.57. The average Bonchev–Trinajstić information content (AvgIpc) is 2.74. The molecule has 0 saturated carbocycles. The van der Waals surface area contributed by atoms with Gasteiger partial charge in [0, 0.05) is 50.5 Å². The van der Waals surface area contributed by atoms with Crippen LogP contribution < -0.4 is 15.5 Å². The summed E-state index contributed by atoms with van der Waals surface area (Å²) in [6.07, 6.45) is 0.824. The van der Waals surface area contributed by atoms with Crippen molar-refractivity contribution in [2.45, 2.75) is 12.8 Å². The van der Waals surface area contributed by atoms with Crippen LogP contribution in [0.5, 0.6) is 0 Å². The zero-order valence-corrected chi connectivity index (χ0v) is 16.4. The number of para-hydroxylation sites is 1. The van der Waals surface area contributed by atoms with Gasteiger partial charge < -0.3 is 20.4 Å². The number of piperazine rings is 1. The Morgan fingerprint density at radius 1 is 0.929 bits per heavy atom. The first-order valence-electron chi connectivity index (χ1n) is 9.77. The van der Waals surface area contributed by atoms with E-state index in [-0.39, 0.29) is 11.8 Å². The highest BCUT2D eigenvalue weighted by molar-refractivity contribution is 5.90. The first-order chi connectivity index (χ1) is 13.7. The monoisotopic (exact) mass is 380 g/mol. The molecule has 1 aliphatic heterocycles. The summed E-state index contributed by atoms with van der Waals surface area (Å²) < 4.78 is 0. The van der Waals surface area contributed by atoms with Crippen LogP contribution in [0.1, 0.15) is 12.0 Å². The molecular formula is C22H28N4O2. The molecule has 148 valence electrons. The number of carbonyl (C=O) groups is 2. The number of benzene rings is 2. The number of carbonyl (C=O) groups excluding carboxylic acids is 2. The number of nitrogens with one attached hydrogen (secondary N) is 2. The van der Waals surface area contributed by atoms with Gasteiger partial charge in [-0.05, 0) is 36.9 Å². The van der Waals surface area contributed by atoms with Crippen LogP contribution in [0.3, 0.4) is 0 Å². The lowest BCUT2D eigenvalue weighted by molar-refractivity contribution is -0.130. The van der Waals surface area contributed by atoms with Crippen molar-refractivity contribution in [3.05, 3.63) is 60.2 Å². The van der Waals surface area contributed by atoms with Gasteiger partial charge in [-0.2, -0.15) is 0 Å². The van der Waals surface area contributed by atoms with Gasteiger partial charge in [-0.15, -0.1) is 0 Å². The van der Waals surface area contributed by atoms with Crippen molar-refractivity contribution >= 4 is 23.2 Å². The van der Waals surface area contributed by atoms with E-state index in [0.717, 1.165) is 37.4 Å². The number of nitrogens with zero attached hydrogens (tertiary/aromatic N) is 2. The Morgan fingerprint density at radius 2 is 1.61 bits per heavy atom. The zero-order chi connectivity index (χ0) is 19.8. The standard InChI is InChI=1S/C22H28N4O2/c1-23-12-11-21(27)24-19-9-7-18(8-10-19)17-22(28)26-15-13-25(14-16-26)20-5-3-2-4-6-20/h2-10,23H,11-17H2,1H3,(H,24,27). The van der Waals surface area contributed by atoms with Gasteiger partial charge in [0.2, 0.25) is 11.8 Å². The molecule has 1 heterocycles. The molecule has 0 aromatic heterocycles. The van der Waals surface area contributed by atoms with E-state index in [1.807, 2.05) is 54.4 Å².